The largest absolute Gasteiger partial charge is 0.493 e. The first-order valence-corrected chi connectivity index (χ1v) is 14.6. The van der Waals surface area contributed by atoms with Gasteiger partial charge in [-0.2, -0.15) is 10.5 Å². The molecular weight excluding hydrogens is 448 g/mol. The van der Waals surface area contributed by atoms with E-state index in [4.69, 9.17) is 14.7 Å². The minimum Gasteiger partial charge on any atom is -0.493 e. The minimum absolute atomic E-state index is 0.553. The van der Waals surface area contributed by atoms with Gasteiger partial charge in [-0.15, -0.1) is 0 Å². The molecule has 3 aromatic carbocycles. The van der Waals surface area contributed by atoms with E-state index in [1.165, 1.54) is 11.1 Å². The Labute approximate surface area is 210 Å². The van der Waals surface area contributed by atoms with Crippen molar-refractivity contribution < 1.29 is 9.47 Å². The Kier molecular flexibility index (Phi) is 8.38. The number of hydrogen-bond acceptors (Lipinski definition) is 4. The van der Waals surface area contributed by atoms with Gasteiger partial charge >= 0.3 is 0 Å². The highest BCUT2D eigenvalue weighted by Crippen LogP contribution is 2.39. The second-order valence-electron chi connectivity index (χ2n) is 9.77. The minimum atomic E-state index is -1.77. The van der Waals surface area contributed by atoms with E-state index in [1.807, 2.05) is 18.2 Å². The summed E-state index contributed by atoms with van der Waals surface area (Å²) < 4.78 is 10.8. The number of rotatable bonds is 9. The molecule has 0 aliphatic heterocycles. The monoisotopic (exact) mass is 482 g/mol. The third-order valence-corrected chi connectivity index (χ3v) is 14.1. The van der Waals surface area contributed by atoms with E-state index in [2.05, 4.69) is 76.2 Å². The maximum atomic E-state index is 9.71. The summed E-state index contributed by atoms with van der Waals surface area (Å²) in [5.74, 6) is 1.16. The van der Waals surface area contributed by atoms with Crippen LogP contribution in [-0.2, 0) is 12.1 Å². The maximum Gasteiger partial charge on any atom is 0.162 e. The summed E-state index contributed by atoms with van der Waals surface area (Å²) in [6.07, 6.45) is 0. The smallest absolute Gasteiger partial charge is 0.162 e. The Hall–Kier alpha value is -3.54. The molecule has 3 rings (SSSR count). The molecule has 0 aromatic heterocycles. The number of methoxy groups -OCH3 is 2. The number of hydrogen-bond donors (Lipinski definition) is 0. The highest BCUT2D eigenvalue weighted by molar-refractivity contribution is 6.81. The third kappa shape index (κ3) is 5.58. The average Bonchev–Trinajstić information content (AvgIpc) is 2.88. The average molecular weight is 483 g/mol. The van der Waals surface area contributed by atoms with Gasteiger partial charge in [-0.3, -0.25) is 0 Å². The molecule has 4 nitrogen and oxygen atoms in total. The Morgan fingerprint density at radius 2 is 1.20 bits per heavy atom. The van der Waals surface area contributed by atoms with Crippen molar-refractivity contribution in [3.63, 3.8) is 0 Å². The van der Waals surface area contributed by atoms with Gasteiger partial charge in [-0.1, -0.05) is 86.3 Å². The van der Waals surface area contributed by atoms with Crippen LogP contribution in [0.1, 0.15) is 49.9 Å². The van der Waals surface area contributed by atoms with Crippen molar-refractivity contribution in [2.45, 2.75) is 50.9 Å². The zero-order valence-corrected chi connectivity index (χ0v) is 22.6. The Morgan fingerprint density at radius 1 is 0.714 bits per heavy atom. The van der Waals surface area contributed by atoms with Crippen molar-refractivity contribution in [2.75, 3.05) is 14.2 Å². The van der Waals surface area contributed by atoms with E-state index in [9.17, 15) is 5.26 Å². The van der Waals surface area contributed by atoms with Crippen LogP contribution in [0.15, 0.2) is 60.7 Å². The number of ether oxygens (including phenoxy) is 2. The fraction of sp³-hybridized carbons (Fsp3) is 0.333. The van der Waals surface area contributed by atoms with E-state index < -0.39 is 8.07 Å². The van der Waals surface area contributed by atoms with Crippen LogP contribution >= 0.6 is 0 Å². The lowest BCUT2D eigenvalue weighted by atomic mass is 9.98. The van der Waals surface area contributed by atoms with E-state index in [1.54, 1.807) is 20.3 Å². The second kappa shape index (κ2) is 11.3. The summed E-state index contributed by atoms with van der Waals surface area (Å²) in [7, 11) is 1.41. The summed E-state index contributed by atoms with van der Waals surface area (Å²) in [5, 5.41) is 18.9. The van der Waals surface area contributed by atoms with Crippen LogP contribution in [-0.4, -0.2) is 22.3 Å². The maximum absolute atomic E-state index is 9.71. The number of nitriles is 2. The van der Waals surface area contributed by atoms with Crippen LogP contribution in [0.3, 0.4) is 0 Å². The lowest BCUT2D eigenvalue weighted by Crippen LogP contribution is -2.47. The van der Waals surface area contributed by atoms with Gasteiger partial charge in [0.2, 0.25) is 0 Å². The van der Waals surface area contributed by atoms with E-state index in [0.717, 1.165) is 23.2 Å². The fourth-order valence-corrected chi connectivity index (χ4v) is 10.1. The third-order valence-electron chi connectivity index (χ3n) is 7.36. The number of benzene rings is 3. The lowest BCUT2D eigenvalue weighted by Gasteiger charge is -2.40. The topological polar surface area (TPSA) is 66.0 Å². The van der Waals surface area contributed by atoms with Crippen molar-refractivity contribution in [3.8, 4) is 34.8 Å². The van der Waals surface area contributed by atoms with Crippen molar-refractivity contribution >= 4 is 8.07 Å². The van der Waals surface area contributed by atoms with Gasteiger partial charge in [0.1, 0.15) is 0 Å². The van der Waals surface area contributed by atoms with Gasteiger partial charge in [0.05, 0.1) is 45.6 Å². The van der Waals surface area contributed by atoms with Crippen molar-refractivity contribution in [1.82, 2.24) is 0 Å². The summed E-state index contributed by atoms with van der Waals surface area (Å²) in [6, 6.07) is 27.0. The highest BCUT2D eigenvalue weighted by Gasteiger charge is 2.39. The summed E-state index contributed by atoms with van der Waals surface area (Å²) in [5.41, 5.74) is 6.95. The van der Waals surface area contributed by atoms with Gasteiger partial charge in [0.25, 0.3) is 0 Å². The molecule has 0 unspecified atom stereocenters. The quantitative estimate of drug-likeness (QED) is 0.301. The van der Waals surface area contributed by atoms with E-state index in [0.29, 0.717) is 33.7 Å². The molecule has 3 aromatic rings. The zero-order valence-electron chi connectivity index (χ0n) is 21.6. The molecule has 0 fully saturated rings. The molecule has 0 amide bonds. The van der Waals surface area contributed by atoms with Gasteiger partial charge in [0, 0.05) is 11.6 Å². The molecule has 0 saturated heterocycles. The van der Waals surface area contributed by atoms with E-state index in [-0.39, 0.29) is 0 Å². The van der Waals surface area contributed by atoms with Gasteiger partial charge in [-0.05, 0) is 35.9 Å². The van der Waals surface area contributed by atoms with Crippen LogP contribution in [0.4, 0.5) is 0 Å². The molecule has 0 atom stereocenters. The van der Waals surface area contributed by atoms with Gasteiger partial charge in [0.15, 0.2) is 11.5 Å². The first-order valence-electron chi connectivity index (χ1n) is 12.0. The van der Waals surface area contributed by atoms with Crippen LogP contribution in [0.5, 0.6) is 11.5 Å². The summed E-state index contributed by atoms with van der Waals surface area (Å²) in [6.45, 7) is 9.47. The van der Waals surface area contributed by atoms with Crippen molar-refractivity contribution in [2.24, 2.45) is 0 Å². The molecular formula is C30H34N2O2Si. The van der Waals surface area contributed by atoms with Crippen LogP contribution in [0, 0.1) is 22.7 Å². The van der Waals surface area contributed by atoms with Gasteiger partial charge in [-0.25, -0.2) is 0 Å². The fourth-order valence-electron chi connectivity index (χ4n) is 5.02. The van der Waals surface area contributed by atoms with Crippen LogP contribution in [0.25, 0.3) is 11.1 Å². The predicted molar refractivity (Wildman–Crippen MR) is 144 cm³/mol. The first-order chi connectivity index (χ1) is 16.8. The van der Waals surface area contributed by atoms with Gasteiger partial charge < -0.3 is 9.47 Å². The SMILES string of the molecule is COc1cc(C#N)c(-c2ccc(C[Si](Cc3ccc(C#N)cc3)(C(C)C)C(C)C)cc2)cc1OC. The van der Waals surface area contributed by atoms with E-state index >= 15 is 0 Å². The zero-order chi connectivity index (χ0) is 25.6. The molecule has 0 aliphatic rings. The van der Waals surface area contributed by atoms with Crippen molar-refractivity contribution in [1.29, 1.82) is 10.5 Å². The standard InChI is InChI=1S/C30H34N2O2Si/c1-21(2)35(22(3)4,19-24-9-7-23(17-31)8-10-24)20-25-11-13-26(14-12-25)28-16-30(34-6)29(33-5)15-27(28)18-32/h7-16,21-22H,19-20H2,1-6H3. The van der Waals surface area contributed by atoms with Crippen molar-refractivity contribution in [3.05, 3.63) is 82.9 Å². The second-order valence-corrected chi connectivity index (χ2v) is 15.2. The Bertz CT molecular complexity index is 1230. The number of nitrogens with zero attached hydrogens (tertiary/aromatic N) is 2. The predicted octanol–water partition coefficient (Wildman–Crippen LogP) is 7.25. The summed E-state index contributed by atoms with van der Waals surface area (Å²) in [4.78, 5) is 0. The molecule has 0 bridgehead atoms. The highest BCUT2D eigenvalue weighted by atomic mass is 28.3. The van der Waals surface area contributed by atoms with Crippen LogP contribution in [0.2, 0.25) is 11.1 Å². The molecule has 35 heavy (non-hydrogen) atoms. The summed E-state index contributed by atoms with van der Waals surface area (Å²) >= 11 is 0. The molecule has 0 radical (unpaired) electrons. The molecule has 0 spiro atoms. The first kappa shape index (κ1) is 26.1. The molecule has 5 heteroatoms. The molecule has 180 valence electrons. The Balaban J connectivity index is 1.95. The molecule has 0 saturated carbocycles. The molecule has 0 N–H and O–H groups in total. The molecule has 0 aliphatic carbocycles. The molecule has 0 heterocycles. The normalized spacial score (nSPS) is 11.3. The van der Waals surface area contributed by atoms with Crippen LogP contribution < -0.4 is 9.47 Å². The Morgan fingerprint density at radius 3 is 1.63 bits per heavy atom. The lowest BCUT2D eigenvalue weighted by molar-refractivity contribution is 0.355.